The molecule has 7 aliphatic rings. The summed E-state index contributed by atoms with van der Waals surface area (Å²) >= 11 is 0. The van der Waals surface area contributed by atoms with Gasteiger partial charge in [-0.15, -0.1) is 0 Å². The number of allylic oxidation sites excluding steroid dienone is 2. The lowest BCUT2D eigenvalue weighted by Crippen LogP contribution is -2.67. The van der Waals surface area contributed by atoms with E-state index >= 15 is 0 Å². The summed E-state index contributed by atoms with van der Waals surface area (Å²) in [6.07, 6.45) is -6.93. The lowest BCUT2D eigenvalue weighted by Gasteiger charge is -2.71. The highest BCUT2D eigenvalue weighted by molar-refractivity contribution is 5.87. The summed E-state index contributed by atoms with van der Waals surface area (Å²) in [4.78, 5) is 25.9. The van der Waals surface area contributed by atoms with Crippen LogP contribution in [0.4, 0.5) is 0 Å². The van der Waals surface area contributed by atoms with E-state index < -0.39 is 85.5 Å². The van der Waals surface area contributed by atoms with E-state index in [1.165, 1.54) is 5.57 Å². The summed E-state index contributed by atoms with van der Waals surface area (Å²) in [5.41, 5.74) is 0.634. The summed E-state index contributed by atoms with van der Waals surface area (Å²) in [7, 11) is 0. The number of aliphatic hydroxyl groups excluding tert-OH is 6. The number of rotatable bonds is 6. The minimum atomic E-state index is -1.92. The number of carbonyl (C=O) groups excluding carboxylic acids is 1. The molecule has 55 heavy (non-hydrogen) atoms. The average molecular weight is 779 g/mol. The number of aliphatic hydroxyl groups is 6. The average Bonchev–Trinajstić information content (AvgIpc) is 3.10. The van der Waals surface area contributed by atoms with Crippen LogP contribution in [-0.2, 0) is 28.5 Å². The van der Waals surface area contributed by atoms with Crippen molar-refractivity contribution in [2.24, 2.45) is 50.2 Å². The van der Waals surface area contributed by atoms with Gasteiger partial charge < -0.3 is 54.7 Å². The third kappa shape index (κ3) is 6.15. The summed E-state index contributed by atoms with van der Waals surface area (Å²) in [5, 5.41) is 73.1. The van der Waals surface area contributed by atoms with Crippen molar-refractivity contribution in [2.75, 3.05) is 6.61 Å². The second-order valence-corrected chi connectivity index (χ2v) is 20.8. The van der Waals surface area contributed by atoms with Crippen LogP contribution in [0.15, 0.2) is 11.6 Å². The molecular formula is C42H66O13. The monoisotopic (exact) mass is 778 g/mol. The Labute approximate surface area is 324 Å². The molecule has 7 N–H and O–H groups in total. The van der Waals surface area contributed by atoms with Crippen LogP contribution >= 0.6 is 0 Å². The number of carboxylic acid groups (broad SMARTS) is 1. The summed E-state index contributed by atoms with van der Waals surface area (Å²) in [6.45, 7) is 17.8. The highest BCUT2D eigenvalue weighted by atomic mass is 16.8. The van der Waals surface area contributed by atoms with Gasteiger partial charge in [-0.25, -0.2) is 4.79 Å². The maximum absolute atomic E-state index is 13.7. The van der Waals surface area contributed by atoms with Crippen LogP contribution in [0.25, 0.3) is 0 Å². The van der Waals surface area contributed by atoms with Gasteiger partial charge in [0.05, 0.1) is 12.7 Å². The van der Waals surface area contributed by atoms with Crippen molar-refractivity contribution < 1.29 is 64.3 Å². The highest BCUT2D eigenvalue weighted by Crippen LogP contribution is 2.75. The summed E-state index contributed by atoms with van der Waals surface area (Å²) in [6, 6.07) is 0. The van der Waals surface area contributed by atoms with Gasteiger partial charge in [-0.1, -0.05) is 67.0 Å². The topological polar surface area (TPSA) is 213 Å². The minimum Gasteiger partial charge on any atom is -0.479 e. The fourth-order valence-electron chi connectivity index (χ4n) is 13.5. The Kier molecular flexibility index (Phi) is 10.4. The molecule has 13 heteroatoms. The number of carboxylic acids is 1. The standard InChI is InChI=1S/C42H66O13/c1-37(2)17-21-20-9-10-24-40(6)13-12-26(38(3,4)23(40)11-14-42(24,8)41(20,7)16-15-39(21,5)25(44)18-37)53-36-33(30(48)29(47)32(54-36)34(50)51)55-35-31(49)28(46)27(45)22(19-43)52-35/h9,21-24,26-33,35-36,43,45-49H,10-19H2,1-8H3,(H,50,51)/t21-,22+,23-,24+,26-,27-,28-,29-,30-,31+,32-,33+,35-,36+,39+,40-,41+,42+/m0/s1. The van der Waals surface area contributed by atoms with E-state index in [1.54, 1.807) is 0 Å². The first kappa shape index (κ1) is 41.6. The second-order valence-electron chi connectivity index (χ2n) is 20.8. The molecule has 0 spiro atoms. The van der Waals surface area contributed by atoms with E-state index in [2.05, 4.69) is 61.5 Å². The normalized spacial score (nSPS) is 53.2. The first-order valence-corrected chi connectivity index (χ1v) is 20.6. The lowest BCUT2D eigenvalue weighted by atomic mass is 9.33. The maximum Gasteiger partial charge on any atom is 0.335 e. The van der Waals surface area contributed by atoms with Gasteiger partial charge in [0.15, 0.2) is 18.7 Å². The number of hydrogen-bond donors (Lipinski definition) is 7. The molecule has 312 valence electrons. The molecule has 2 heterocycles. The number of aliphatic carboxylic acids is 1. The Morgan fingerprint density at radius 3 is 2.15 bits per heavy atom. The Morgan fingerprint density at radius 1 is 0.800 bits per heavy atom. The van der Waals surface area contributed by atoms with Gasteiger partial charge in [-0.3, -0.25) is 4.79 Å². The van der Waals surface area contributed by atoms with Crippen molar-refractivity contribution in [3.8, 4) is 0 Å². The van der Waals surface area contributed by atoms with E-state index in [0.29, 0.717) is 24.5 Å². The largest absolute Gasteiger partial charge is 0.479 e. The van der Waals surface area contributed by atoms with Crippen LogP contribution in [0.3, 0.4) is 0 Å². The lowest BCUT2D eigenvalue weighted by molar-refractivity contribution is -0.374. The molecule has 0 aromatic heterocycles. The van der Waals surface area contributed by atoms with E-state index in [4.69, 9.17) is 18.9 Å². The van der Waals surface area contributed by atoms with Gasteiger partial charge in [0, 0.05) is 11.8 Å². The van der Waals surface area contributed by atoms with Crippen LogP contribution < -0.4 is 0 Å². The maximum atomic E-state index is 13.7. The second kappa shape index (κ2) is 13.8. The van der Waals surface area contributed by atoms with Gasteiger partial charge in [0.2, 0.25) is 0 Å². The van der Waals surface area contributed by atoms with Crippen LogP contribution in [-0.4, -0.2) is 122 Å². The Bertz CT molecular complexity index is 1540. The predicted octanol–water partition coefficient (Wildman–Crippen LogP) is 3.09. The number of carbonyl (C=O) groups is 2. The van der Waals surface area contributed by atoms with Crippen molar-refractivity contribution in [2.45, 2.75) is 181 Å². The Hall–Kier alpha value is -1.52. The molecule has 0 unspecified atom stereocenters. The van der Waals surface area contributed by atoms with Crippen LogP contribution in [0, 0.1) is 50.2 Å². The van der Waals surface area contributed by atoms with E-state index in [0.717, 1.165) is 44.9 Å². The van der Waals surface area contributed by atoms with E-state index in [1.807, 2.05) is 0 Å². The zero-order valence-electron chi connectivity index (χ0n) is 33.8. The molecule has 0 aromatic rings. The Balaban J connectivity index is 1.15. The number of fused-ring (bicyclic) bond motifs is 7. The van der Waals surface area contributed by atoms with Crippen molar-refractivity contribution in [3.63, 3.8) is 0 Å². The third-order valence-electron chi connectivity index (χ3n) is 17.0. The molecule has 2 saturated heterocycles. The van der Waals surface area contributed by atoms with Crippen LogP contribution in [0.5, 0.6) is 0 Å². The van der Waals surface area contributed by atoms with E-state index in [-0.39, 0.29) is 38.9 Å². The zero-order chi connectivity index (χ0) is 40.4. The molecule has 0 bridgehead atoms. The fourth-order valence-corrected chi connectivity index (χ4v) is 13.5. The minimum absolute atomic E-state index is 0.0177. The molecule has 2 aliphatic heterocycles. The van der Waals surface area contributed by atoms with Gasteiger partial charge in [-0.05, 0) is 96.2 Å². The molecule has 7 rings (SSSR count). The first-order chi connectivity index (χ1) is 25.5. The van der Waals surface area contributed by atoms with Gasteiger partial charge in [0.25, 0.3) is 0 Å². The molecule has 0 amide bonds. The van der Waals surface area contributed by atoms with E-state index in [9.17, 15) is 45.3 Å². The van der Waals surface area contributed by atoms with Crippen molar-refractivity contribution >= 4 is 11.8 Å². The van der Waals surface area contributed by atoms with Gasteiger partial charge in [-0.2, -0.15) is 0 Å². The van der Waals surface area contributed by atoms with Crippen molar-refractivity contribution in [1.29, 1.82) is 0 Å². The molecule has 5 aliphatic carbocycles. The molecule has 0 radical (unpaired) electrons. The smallest absolute Gasteiger partial charge is 0.335 e. The van der Waals surface area contributed by atoms with Crippen molar-refractivity contribution in [3.05, 3.63) is 11.6 Å². The fraction of sp³-hybridized carbons (Fsp3) is 0.905. The number of ketones is 1. The summed E-state index contributed by atoms with van der Waals surface area (Å²) in [5.74, 6) is -0.247. The number of hydrogen-bond acceptors (Lipinski definition) is 12. The number of Topliss-reactive ketones (excluding diaryl/α,β-unsaturated/α-hetero) is 1. The van der Waals surface area contributed by atoms with Gasteiger partial charge >= 0.3 is 5.97 Å². The molecule has 13 nitrogen and oxygen atoms in total. The van der Waals surface area contributed by atoms with Crippen molar-refractivity contribution in [1.82, 2.24) is 0 Å². The summed E-state index contributed by atoms with van der Waals surface area (Å²) < 4.78 is 24.0. The molecule has 4 saturated carbocycles. The zero-order valence-corrected chi connectivity index (χ0v) is 33.8. The quantitative estimate of drug-likeness (QED) is 0.153. The van der Waals surface area contributed by atoms with Gasteiger partial charge in [0.1, 0.15) is 48.5 Å². The first-order valence-electron chi connectivity index (χ1n) is 20.6. The highest BCUT2D eigenvalue weighted by Gasteiger charge is 2.69. The molecule has 0 aromatic carbocycles. The SMILES string of the molecule is CC1(C)CC(=O)[C@]2(C)CC[C@]3(C)C(=CC[C@@H]4[C@@]5(C)CC[C@H](O[C@@H]6O[C@H](C(=O)O)[C@@H](O)[C@H](O)[C@H]6O[C@@H]6O[C@H](CO)[C@H](O)[C@H](O)[C@H]6O)C(C)(C)[C@@H]5CC[C@]43C)[C@@H]2C1. The Morgan fingerprint density at radius 2 is 1.49 bits per heavy atom. The predicted molar refractivity (Wildman–Crippen MR) is 197 cm³/mol. The third-order valence-corrected chi connectivity index (χ3v) is 17.0. The number of ether oxygens (including phenoxy) is 4. The molecule has 18 atom stereocenters. The van der Waals surface area contributed by atoms with Crippen LogP contribution in [0.1, 0.15) is 113 Å². The molecule has 6 fully saturated rings. The van der Waals surface area contributed by atoms with Crippen LogP contribution in [0.2, 0.25) is 0 Å². The molecular weight excluding hydrogens is 712 g/mol.